The fraction of sp³-hybridized carbons (Fsp3) is 0.278. The third-order valence-corrected chi connectivity index (χ3v) is 6.25. The molecule has 0 amide bonds. The predicted molar refractivity (Wildman–Crippen MR) is 104 cm³/mol. The second kappa shape index (κ2) is 7.59. The van der Waals surface area contributed by atoms with Crippen LogP contribution in [-0.2, 0) is 18.6 Å². The second-order valence-corrected chi connectivity index (χ2v) is 8.15. The summed E-state index contributed by atoms with van der Waals surface area (Å²) >= 11 is 3.18. The van der Waals surface area contributed by atoms with E-state index in [-0.39, 0.29) is 5.82 Å². The molecule has 0 atom stereocenters. The molecule has 2 heterocycles. The van der Waals surface area contributed by atoms with Crippen molar-refractivity contribution >= 4 is 28.2 Å². The van der Waals surface area contributed by atoms with Gasteiger partial charge in [0, 0.05) is 18.0 Å². The molecule has 2 aromatic heterocycles. The van der Waals surface area contributed by atoms with Crippen molar-refractivity contribution in [1.82, 2.24) is 20.0 Å². The van der Waals surface area contributed by atoms with Crippen molar-refractivity contribution in [1.29, 1.82) is 0 Å². The zero-order valence-corrected chi connectivity index (χ0v) is 15.7. The number of nitrogens with zero attached hydrogens (tertiary/aromatic N) is 4. The minimum atomic E-state index is -0.231. The van der Waals surface area contributed by atoms with Crippen LogP contribution in [0.4, 0.5) is 9.52 Å². The maximum Gasteiger partial charge on any atom is 0.206 e. The third kappa shape index (κ3) is 3.52. The number of hydrogen-bond donors (Lipinski definition) is 1. The van der Waals surface area contributed by atoms with Crippen molar-refractivity contribution in [2.24, 2.45) is 0 Å². The SMILES string of the molecule is C=CCNc1nnc(SCc2nn(-c3ccc(F)cc3)c3c2CCC3)s1. The summed E-state index contributed by atoms with van der Waals surface area (Å²) in [4.78, 5) is 0. The average molecular weight is 388 g/mol. The van der Waals surface area contributed by atoms with Gasteiger partial charge in [-0.3, -0.25) is 0 Å². The van der Waals surface area contributed by atoms with Gasteiger partial charge in [0.1, 0.15) is 5.82 Å². The van der Waals surface area contributed by atoms with Gasteiger partial charge in [-0.15, -0.1) is 16.8 Å². The molecule has 5 nitrogen and oxygen atoms in total. The number of hydrogen-bond acceptors (Lipinski definition) is 6. The molecule has 1 aliphatic carbocycles. The zero-order chi connectivity index (χ0) is 17.9. The summed E-state index contributed by atoms with van der Waals surface area (Å²) in [5.41, 5.74) is 4.57. The van der Waals surface area contributed by atoms with Crippen molar-refractivity contribution in [3.05, 3.63) is 59.7 Å². The first kappa shape index (κ1) is 17.2. The van der Waals surface area contributed by atoms with Crippen LogP contribution in [0, 0.1) is 5.82 Å². The van der Waals surface area contributed by atoms with Gasteiger partial charge in [0.05, 0.1) is 11.4 Å². The highest BCUT2D eigenvalue weighted by Gasteiger charge is 2.23. The quantitative estimate of drug-likeness (QED) is 0.485. The molecule has 1 N–H and O–H groups in total. The van der Waals surface area contributed by atoms with Crippen LogP contribution >= 0.6 is 23.1 Å². The lowest BCUT2D eigenvalue weighted by Crippen LogP contribution is -2.01. The lowest BCUT2D eigenvalue weighted by Gasteiger charge is -2.05. The number of nitrogens with one attached hydrogen (secondary N) is 1. The van der Waals surface area contributed by atoms with Gasteiger partial charge in [-0.05, 0) is 49.1 Å². The Kier molecular flexibility index (Phi) is 5.03. The van der Waals surface area contributed by atoms with E-state index in [2.05, 4.69) is 22.1 Å². The fourth-order valence-electron chi connectivity index (χ4n) is 3.05. The van der Waals surface area contributed by atoms with Crippen LogP contribution < -0.4 is 5.32 Å². The molecule has 134 valence electrons. The van der Waals surface area contributed by atoms with Crippen LogP contribution in [0.25, 0.3) is 5.69 Å². The number of halogens is 1. The number of thioether (sulfide) groups is 1. The first-order chi connectivity index (χ1) is 12.7. The Morgan fingerprint density at radius 3 is 2.92 bits per heavy atom. The highest BCUT2D eigenvalue weighted by Crippen LogP contribution is 2.33. The van der Waals surface area contributed by atoms with Gasteiger partial charge >= 0.3 is 0 Å². The Balaban J connectivity index is 1.52. The standard InChI is InChI=1S/C18H18FN5S2/c1-2-10-20-17-21-22-18(26-17)25-11-15-14-4-3-5-16(14)24(23-15)13-8-6-12(19)7-9-13/h2,6-9H,1,3-5,10-11H2,(H,20,21). The Morgan fingerprint density at radius 2 is 2.12 bits per heavy atom. The van der Waals surface area contributed by atoms with Crippen LogP contribution in [-0.4, -0.2) is 26.5 Å². The number of anilines is 1. The molecule has 4 rings (SSSR count). The molecule has 1 aliphatic rings. The number of aromatic nitrogens is 4. The highest BCUT2D eigenvalue weighted by molar-refractivity contribution is 8.00. The van der Waals surface area contributed by atoms with Crippen molar-refractivity contribution in [2.75, 3.05) is 11.9 Å². The van der Waals surface area contributed by atoms with Gasteiger partial charge in [-0.2, -0.15) is 5.10 Å². The number of benzene rings is 1. The summed E-state index contributed by atoms with van der Waals surface area (Å²) in [5, 5.41) is 17.1. The molecule has 8 heteroatoms. The second-order valence-electron chi connectivity index (χ2n) is 5.95. The lowest BCUT2D eigenvalue weighted by molar-refractivity contribution is 0.626. The molecular formula is C18H18FN5S2. The summed E-state index contributed by atoms with van der Waals surface area (Å²) < 4.78 is 16.1. The normalized spacial score (nSPS) is 13.0. The summed E-state index contributed by atoms with van der Waals surface area (Å²) in [7, 11) is 0. The molecule has 0 saturated heterocycles. The van der Waals surface area contributed by atoms with E-state index in [1.807, 2.05) is 4.68 Å². The van der Waals surface area contributed by atoms with Gasteiger partial charge in [0.2, 0.25) is 5.13 Å². The van der Waals surface area contributed by atoms with Gasteiger partial charge in [0.25, 0.3) is 0 Å². The molecule has 0 saturated carbocycles. The van der Waals surface area contributed by atoms with E-state index in [9.17, 15) is 4.39 Å². The van der Waals surface area contributed by atoms with Crippen molar-refractivity contribution in [2.45, 2.75) is 29.4 Å². The molecule has 0 spiro atoms. The Labute approximate surface area is 159 Å². The molecular weight excluding hydrogens is 369 g/mol. The largest absolute Gasteiger partial charge is 0.357 e. The van der Waals surface area contributed by atoms with E-state index < -0.39 is 0 Å². The smallest absolute Gasteiger partial charge is 0.206 e. The van der Waals surface area contributed by atoms with E-state index in [0.29, 0.717) is 6.54 Å². The average Bonchev–Trinajstić information content (AvgIpc) is 3.36. The van der Waals surface area contributed by atoms with E-state index in [4.69, 9.17) is 5.10 Å². The Bertz CT molecular complexity index is 916. The van der Waals surface area contributed by atoms with Gasteiger partial charge < -0.3 is 5.32 Å². The van der Waals surface area contributed by atoms with Crippen molar-refractivity contribution < 1.29 is 4.39 Å². The maximum absolute atomic E-state index is 13.2. The van der Waals surface area contributed by atoms with E-state index in [1.165, 1.54) is 34.7 Å². The maximum atomic E-state index is 13.2. The molecule has 0 aliphatic heterocycles. The summed E-state index contributed by atoms with van der Waals surface area (Å²) in [6.45, 7) is 4.36. The van der Waals surface area contributed by atoms with Crippen LogP contribution in [0.5, 0.6) is 0 Å². The molecule has 0 unspecified atom stereocenters. The molecule has 0 fully saturated rings. The van der Waals surface area contributed by atoms with Gasteiger partial charge in [-0.1, -0.05) is 29.2 Å². The Morgan fingerprint density at radius 1 is 1.27 bits per heavy atom. The number of rotatable bonds is 7. The predicted octanol–water partition coefficient (Wildman–Crippen LogP) is 4.24. The number of fused-ring (bicyclic) bond motifs is 1. The van der Waals surface area contributed by atoms with E-state index in [1.54, 1.807) is 30.0 Å². The summed E-state index contributed by atoms with van der Waals surface area (Å²) in [6, 6.07) is 6.51. The lowest BCUT2D eigenvalue weighted by atomic mass is 10.2. The minimum Gasteiger partial charge on any atom is -0.357 e. The van der Waals surface area contributed by atoms with Crippen LogP contribution in [0.1, 0.15) is 23.4 Å². The summed E-state index contributed by atoms with van der Waals surface area (Å²) in [5.74, 6) is 0.526. The van der Waals surface area contributed by atoms with Crippen LogP contribution in [0.2, 0.25) is 0 Å². The van der Waals surface area contributed by atoms with Crippen LogP contribution in [0.15, 0.2) is 41.3 Å². The molecule has 3 aromatic rings. The molecule has 0 radical (unpaired) electrons. The van der Waals surface area contributed by atoms with E-state index in [0.717, 1.165) is 45.9 Å². The van der Waals surface area contributed by atoms with Crippen LogP contribution in [0.3, 0.4) is 0 Å². The minimum absolute atomic E-state index is 0.231. The monoisotopic (exact) mass is 387 g/mol. The van der Waals surface area contributed by atoms with Crippen molar-refractivity contribution in [3.8, 4) is 5.69 Å². The van der Waals surface area contributed by atoms with Gasteiger partial charge in [-0.25, -0.2) is 9.07 Å². The Hall–Kier alpha value is -2.19. The van der Waals surface area contributed by atoms with Gasteiger partial charge in [0.15, 0.2) is 4.34 Å². The molecule has 26 heavy (non-hydrogen) atoms. The molecule has 1 aromatic carbocycles. The molecule has 0 bridgehead atoms. The topological polar surface area (TPSA) is 55.6 Å². The zero-order valence-electron chi connectivity index (χ0n) is 14.1. The van der Waals surface area contributed by atoms with Crippen molar-refractivity contribution in [3.63, 3.8) is 0 Å². The first-order valence-corrected chi connectivity index (χ1v) is 10.2. The fourth-order valence-corrected chi connectivity index (χ4v) is 4.78. The first-order valence-electron chi connectivity index (χ1n) is 8.41. The third-order valence-electron chi connectivity index (χ3n) is 4.22. The summed E-state index contributed by atoms with van der Waals surface area (Å²) in [6.07, 6.45) is 4.99. The van der Waals surface area contributed by atoms with E-state index >= 15 is 0 Å². The highest BCUT2D eigenvalue weighted by atomic mass is 32.2.